The van der Waals surface area contributed by atoms with E-state index in [-0.39, 0.29) is 5.91 Å². The third-order valence-corrected chi connectivity index (χ3v) is 4.08. The van der Waals surface area contributed by atoms with E-state index in [4.69, 9.17) is 0 Å². The number of fused-ring (bicyclic) bond motifs is 1. The summed E-state index contributed by atoms with van der Waals surface area (Å²) in [6.07, 6.45) is 2.68. The third kappa shape index (κ3) is 2.62. The van der Waals surface area contributed by atoms with E-state index in [0.29, 0.717) is 6.54 Å². The van der Waals surface area contributed by atoms with Crippen molar-refractivity contribution < 1.29 is 4.79 Å². The summed E-state index contributed by atoms with van der Waals surface area (Å²) in [7, 11) is 0. The zero-order valence-electron chi connectivity index (χ0n) is 12.3. The Labute approximate surface area is 125 Å². The maximum absolute atomic E-state index is 12.8. The fourth-order valence-electron chi connectivity index (χ4n) is 2.87. The van der Waals surface area contributed by atoms with E-state index < -0.39 is 0 Å². The summed E-state index contributed by atoms with van der Waals surface area (Å²) >= 11 is 0. The first-order chi connectivity index (χ1) is 10.2. The van der Waals surface area contributed by atoms with Crippen molar-refractivity contribution in [1.82, 2.24) is 4.90 Å². The Hall–Kier alpha value is -2.35. The number of hydrogen-bond donors (Lipinski definition) is 0. The Morgan fingerprint density at radius 2 is 1.95 bits per heavy atom. The van der Waals surface area contributed by atoms with Crippen LogP contribution < -0.4 is 0 Å². The fraction of sp³-hybridized carbons (Fsp3) is 0.211. The highest BCUT2D eigenvalue weighted by Crippen LogP contribution is 2.22. The highest BCUT2D eigenvalue weighted by molar-refractivity contribution is 5.98. The van der Waals surface area contributed by atoms with E-state index in [1.54, 1.807) is 6.08 Å². The van der Waals surface area contributed by atoms with Crippen LogP contribution in [0, 0.1) is 6.92 Å². The van der Waals surface area contributed by atoms with Crippen LogP contribution in [0.5, 0.6) is 0 Å². The number of rotatable bonds is 2. The van der Waals surface area contributed by atoms with Gasteiger partial charge in [-0.15, -0.1) is 0 Å². The van der Waals surface area contributed by atoms with Gasteiger partial charge in [-0.3, -0.25) is 4.79 Å². The Morgan fingerprint density at radius 3 is 2.71 bits per heavy atom. The molecule has 1 heterocycles. The van der Waals surface area contributed by atoms with E-state index in [2.05, 4.69) is 24.8 Å². The van der Waals surface area contributed by atoms with E-state index in [0.717, 1.165) is 29.7 Å². The van der Waals surface area contributed by atoms with Crippen LogP contribution in [0.15, 0.2) is 49.0 Å². The molecule has 0 saturated heterocycles. The van der Waals surface area contributed by atoms with Gasteiger partial charge >= 0.3 is 0 Å². The van der Waals surface area contributed by atoms with Gasteiger partial charge in [0.05, 0.1) is 0 Å². The largest absolute Gasteiger partial charge is 0.334 e. The van der Waals surface area contributed by atoms with Crippen molar-refractivity contribution in [2.24, 2.45) is 0 Å². The molecule has 0 spiro atoms. The maximum Gasteiger partial charge on any atom is 0.254 e. The standard InChI is InChI=1S/C19H19NO/c1-3-15-9-8-14(2)12-18(15)19(21)20-11-10-16-6-4-5-7-17(16)13-20/h3-9,12H,1,10-11,13H2,2H3. The molecular weight excluding hydrogens is 258 g/mol. The molecule has 1 aliphatic heterocycles. The number of benzene rings is 2. The van der Waals surface area contributed by atoms with Gasteiger partial charge in [0.25, 0.3) is 5.91 Å². The van der Waals surface area contributed by atoms with Crippen molar-refractivity contribution in [1.29, 1.82) is 0 Å². The summed E-state index contributed by atoms with van der Waals surface area (Å²) in [5.41, 5.74) is 5.37. The molecule has 0 aromatic heterocycles. The Kier molecular flexibility index (Phi) is 3.61. The van der Waals surface area contributed by atoms with Crippen LogP contribution in [0.3, 0.4) is 0 Å². The molecule has 2 heteroatoms. The van der Waals surface area contributed by atoms with Crippen LogP contribution in [0.2, 0.25) is 0 Å². The molecule has 0 unspecified atom stereocenters. The second-order valence-electron chi connectivity index (χ2n) is 5.54. The minimum atomic E-state index is 0.100. The summed E-state index contributed by atoms with van der Waals surface area (Å²) in [4.78, 5) is 14.8. The normalized spacial score (nSPS) is 13.7. The zero-order chi connectivity index (χ0) is 14.8. The Balaban J connectivity index is 1.90. The lowest BCUT2D eigenvalue weighted by Gasteiger charge is -2.29. The van der Waals surface area contributed by atoms with Crippen LogP contribution in [-0.4, -0.2) is 17.4 Å². The van der Waals surface area contributed by atoms with Gasteiger partial charge in [-0.05, 0) is 36.1 Å². The number of hydrogen-bond acceptors (Lipinski definition) is 1. The molecular formula is C19H19NO. The molecule has 0 saturated carbocycles. The smallest absolute Gasteiger partial charge is 0.254 e. The second kappa shape index (κ2) is 5.57. The van der Waals surface area contributed by atoms with Crippen LogP contribution in [0.4, 0.5) is 0 Å². The number of nitrogens with zero attached hydrogens (tertiary/aromatic N) is 1. The molecule has 3 rings (SSSR count). The summed E-state index contributed by atoms with van der Waals surface area (Å²) < 4.78 is 0. The van der Waals surface area contributed by atoms with Gasteiger partial charge in [-0.2, -0.15) is 0 Å². The Bertz CT molecular complexity index is 702. The van der Waals surface area contributed by atoms with E-state index in [1.807, 2.05) is 36.1 Å². The average Bonchev–Trinajstić information content (AvgIpc) is 2.53. The average molecular weight is 277 g/mol. The molecule has 2 aromatic carbocycles. The van der Waals surface area contributed by atoms with Crippen molar-refractivity contribution >= 4 is 12.0 Å². The van der Waals surface area contributed by atoms with Crippen LogP contribution in [0.25, 0.3) is 6.08 Å². The quantitative estimate of drug-likeness (QED) is 0.816. The molecule has 2 aromatic rings. The van der Waals surface area contributed by atoms with Gasteiger partial charge in [0.2, 0.25) is 0 Å². The van der Waals surface area contributed by atoms with E-state index in [1.165, 1.54) is 11.1 Å². The number of carbonyl (C=O) groups is 1. The summed E-state index contributed by atoms with van der Waals surface area (Å²) in [6, 6.07) is 14.3. The summed E-state index contributed by atoms with van der Waals surface area (Å²) in [5, 5.41) is 0. The molecule has 0 fully saturated rings. The predicted molar refractivity (Wildman–Crippen MR) is 86.2 cm³/mol. The van der Waals surface area contributed by atoms with Crippen molar-refractivity contribution in [3.63, 3.8) is 0 Å². The van der Waals surface area contributed by atoms with Crippen molar-refractivity contribution in [2.75, 3.05) is 6.54 Å². The molecule has 0 atom stereocenters. The fourth-order valence-corrected chi connectivity index (χ4v) is 2.87. The molecule has 0 N–H and O–H groups in total. The highest BCUT2D eigenvalue weighted by Gasteiger charge is 2.22. The minimum Gasteiger partial charge on any atom is -0.334 e. The van der Waals surface area contributed by atoms with Crippen molar-refractivity contribution in [3.05, 3.63) is 76.9 Å². The van der Waals surface area contributed by atoms with E-state index >= 15 is 0 Å². The monoisotopic (exact) mass is 277 g/mol. The molecule has 1 amide bonds. The number of amides is 1. The molecule has 21 heavy (non-hydrogen) atoms. The molecule has 106 valence electrons. The maximum atomic E-state index is 12.8. The van der Waals surface area contributed by atoms with Crippen LogP contribution >= 0.6 is 0 Å². The first-order valence-corrected chi connectivity index (χ1v) is 7.28. The predicted octanol–water partition coefficient (Wildman–Crippen LogP) is 3.84. The first-order valence-electron chi connectivity index (χ1n) is 7.28. The lowest BCUT2D eigenvalue weighted by atomic mass is 9.98. The van der Waals surface area contributed by atoms with Gasteiger partial charge < -0.3 is 4.90 Å². The van der Waals surface area contributed by atoms with Gasteiger partial charge in [-0.25, -0.2) is 0 Å². The lowest BCUT2D eigenvalue weighted by molar-refractivity contribution is 0.0734. The molecule has 0 bridgehead atoms. The molecule has 0 aliphatic carbocycles. The third-order valence-electron chi connectivity index (χ3n) is 4.08. The van der Waals surface area contributed by atoms with Crippen LogP contribution in [0.1, 0.15) is 32.6 Å². The molecule has 2 nitrogen and oxygen atoms in total. The SMILES string of the molecule is C=Cc1ccc(C)cc1C(=O)N1CCc2ccccc2C1. The molecule has 0 radical (unpaired) electrons. The van der Waals surface area contributed by atoms with Crippen molar-refractivity contribution in [2.45, 2.75) is 19.9 Å². The Morgan fingerprint density at radius 1 is 1.19 bits per heavy atom. The van der Waals surface area contributed by atoms with Gasteiger partial charge in [0, 0.05) is 18.7 Å². The molecule has 1 aliphatic rings. The number of carbonyl (C=O) groups excluding carboxylic acids is 1. The zero-order valence-corrected chi connectivity index (χ0v) is 12.3. The van der Waals surface area contributed by atoms with E-state index in [9.17, 15) is 4.79 Å². The van der Waals surface area contributed by atoms with Crippen LogP contribution in [-0.2, 0) is 13.0 Å². The second-order valence-corrected chi connectivity index (χ2v) is 5.54. The minimum absolute atomic E-state index is 0.100. The summed E-state index contributed by atoms with van der Waals surface area (Å²) in [5.74, 6) is 0.100. The van der Waals surface area contributed by atoms with Gasteiger partial charge in [0.15, 0.2) is 0 Å². The van der Waals surface area contributed by atoms with Gasteiger partial charge in [0.1, 0.15) is 0 Å². The lowest BCUT2D eigenvalue weighted by Crippen LogP contribution is -2.36. The van der Waals surface area contributed by atoms with Gasteiger partial charge in [-0.1, -0.05) is 54.6 Å². The topological polar surface area (TPSA) is 20.3 Å². The highest BCUT2D eigenvalue weighted by atomic mass is 16.2. The number of aryl methyl sites for hydroxylation is 1. The van der Waals surface area contributed by atoms with Crippen molar-refractivity contribution in [3.8, 4) is 0 Å². The summed E-state index contributed by atoms with van der Waals surface area (Å²) in [6.45, 7) is 7.30. The first kappa shape index (κ1) is 13.6.